The monoisotopic (exact) mass is 292 g/mol. The first-order valence-corrected chi connectivity index (χ1v) is 7.45. The average molecular weight is 292 g/mol. The Morgan fingerprint density at radius 3 is 2.95 bits per heavy atom. The average Bonchev–Trinajstić information content (AvgIpc) is 2.93. The molecule has 3 heterocycles. The highest BCUT2D eigenvalue weighted by atomic mass is 16.1. The molecule has 1 fully saturated rings. The third-order valence-corrected chi connectivity index (χ3v) is 4.19. The molecule has 1 aromatic heterocycles. The van der Waals surface area contributed by atoms with Crippen LogP contribution < -0.4 is 10.6 Å². The van der Waals surface area contributed by atoms with Crippen LogP contribution in [0.2, 0.25) is 0 Å². The smallest absolute Gasteiger partial charge is 0.255 e. The van der Waals surface area contributed by atoms with Gasteiger partial charge in [0.1, 0.15) is 0 Å². The summed E-state index contributed by atoms with van der Waals surface area (Å²) in [6.45, 7) is 1.84. The highest BCUT2D eigenvalue weighted by Crippen LogP contribution is 2.38. The van der Waals surface area contributed by atoms with Crippen LogP contribution in [-0.4, -0.2) is 29.7 Å². The fraction of sp³-hybridized carbons (Fsp3) is 0.235. The van der Waals surface area contributed by atoms with Crippen LogP contribution in [0.25, 0.3) is 0 Å². The number of aliphatic imine (C=N–C) groups is 1. The number of piperidine rings is 1. The molecule has 0 aliphatic carbocycles. The van der Waals surface area contributed by atoms with Crippen molar-refractivity contribution < 1.29 is 4.79 Å². The lowest BCUT2D eigenvalue weighted by Gasteiger charge is -2.21. The first kappa shape index (κ1) is 13.2. The maximum atomic E-state index is 12.4. The van der Waals surface area contributed by atoms with E-state index in [2.05, 4.69) is 20.6 Å². The van der Waals surface area contributed by atoms with Crippen molar-refractivity contribution >= 4 is 23.0 Å². The van der Waals surface area contributed by atoms with Crippen molar-refractivity contribution in [3.63, 3.8) is 0 Å². The van der Waals surface area contributed by atoms with Crippen LogP contribution in [0.3, 0.4) is 0 Å². The van der Waals surface area contributed by atoms with E-state index in [1.165, 1.54) is 11.3 Å². The summed E-state index contributed by atoms with van der Waals surface area (Å²) in [7, 11) is 0. The Labute approximate surface area is 128 Å². The molecule has 2 N–H and O–H groups in total. The van der Waals surface area contributed by atoms with Crippen molar-refractivity contribution in [1.29, 1.82) is 0 Å². The van der Waals surface area contributed by atoms with Crippen molar-refractivity contribution in [2.75, 3.05) is 18.4 Å². The molecule has 1 unspecified atom stereocenters. The van der Waals surface area contributed by atoms with Crippen LogP contribution in [0.15, 0.2) is 47.7 Å². The maximum absolute atomic E-state index is 12.4. The number of carbonyl (C=O) groups is 1. The minimum absolute atomic E-state index is 0.101. The summed E-state index contributed by atoms with van der Waals surface area (Å²) in [5.74, 6) is 0.265. The molecular weight excluding hydrogens is 276 g/mol. The van der Waals surface area contributed by atoms with Gasteiger partial charge in [-0.25, -0.2) is 0 Å². The molecule has 2 aliphatic rings. The molecule has 1 aromatic carbocycles. The first-order valence-electron chi connectivity index (χ1n) is 7.45. The zero-order chi connectivity index (χ0) is 14.9. The number of carbonyl (C=O) groups excluding carboxylic acids is 1. The highest BCUT2D eigenvalue weighted by molar-refractivity contribution is 6.06. The number of benzene rings is 1. The Morgan fingerprint density at radius 2 is 2.09 bits per heavy atom. The molecule has 0 bridgehead atoms. The second-order valence-corrected chi connectivity index (χ2v) is 5.58. The fourth-order valence-corrected chi connectivity index (χ4v) is 3.08. The van der Waals surface area contributed by atoms with Gasteiger partial charge in [-0.1, -0.05) is 0 Å². The van der Waals surface area contributed by atoms with E-state index in [0.29, 0.717) is 11.5 Å². The zero-order valence-electron chi connectivity index (χ0n) is 12.0. The van der Waals surface area contributed by atoms with Gasteiger partial charge >= 0.3 is 0 Å². The van der Waals surface area contributed by atoms with Crippen LogP contribution in [0, 0.1) is 0 Å². The van der Waals surface area contributed by atoms with Crippen LogP contribution >= 0.6 is 0 Å². The van der Waals surface area contributed by atoms with E-state index in [-0.39, 0.29) is 5.91 Å². The Hall–Kier alpha value is -2.53. The van der Waals surface area contributed by atoms with Crippen molar-refractivity contribution in [2.24, 2.45) is 4.99 Å². The van der Waals surface area contributed by atoms with Gasteiger partial charge in [-0.3, -0.25) is 14.8 Å². The minimum atomic E-state index is -0.101. The van der Waals surface area contributed by atoms with Crippen LogP contribution in [0.4, 0.5) is 11.4 Å². The summed E-state index contributed by atoms with van der Waals surface area (Å²) in [4.78, 5) is 21.0. The Bertz CT molecular complexity index is 755. The summed E-state index contributed by atoms with van der Waals surface area (Å²) in [5.41, 5.74) is 4.79. The van der Waals surface area contributed by atoms with Crippen LogP contribution in [-0.2, 0) is 0 Å². The Morgan fingerprint density at radius 1 is 1.23 bits per heavy atom. The van der Waals surface area contributed by atoms with Gasteiger partial charge < -0.3 is 10.6 Å². The van der Waals surface area contributed by atoms with Crippen molar-refractivity contribution in [2.45, 2.75) is 12.3 Å². The normalized spacial score (nSPS) is 19.1. The summed E-state index contributed by atoms with van der Waals surface area (Å²) in [6.07, 6.45) is 4.36. The van der Waals surface area contributed by atoms with E-state index in [1.54, 1.807) is 24.5 Å². The van der Waals surface area contributed by atoms with Gasteiger partial charge in [0.15, 0.2) is 0 Å². The second kappa shape index (κ2) is 5.35. The number of hydrogen-bond donors (Lipinski definition) is 2. The standard InChI is InChI=1S/C17H16N4O/c22-17(20-12-3-6-18-7-4-12)11-1-2-15-14(9-11)13-5-8-19-10-16(13)21-15/h1-4,6-7,9,13,19H,5,8,10H2,(H,18,20,22). The summed E-state index contributed by atoms with van der Waals surface area (Å²) in [5, 5.41) is 6.24. The van der Waals surface area contributed by atoms with Gasteiger partial charge in [-0.2, -0.15) is 0 Å². The molecule has 0 spiro atoms. The van der Waals surface area contributed by atoms with Crippen LogP contribution in [0.1, 0.15) is 28.3 Å². The third-order valence-electron chi connectivity index (χ3n) is 4.19. The fourth-order valence-electron chi connectivity index (χ4n) is 3.08. The minimum Gasteiger partial charge on any atom is -0.322 e. The number of aromatic nitrogens is 1. The maximum Gasteiger partial charge on any atom is 0.255 e. The molecular formula is C17H16N4O. The van der Waals surface area contributed by atoms with E-state index in [9.17, 15) is 4.79 Å². The molecule has 1 saturated heterocycles. The number of pyridine rings is 1. The van der Waals surface area contributed by atoms with Gasteiger partial charge in [0.2, 0.25) is 0 Å². The van der Waals surface area contributed by atoms with E-state index < -0.39 is 0 Å². The van der Waals surface area contributed by atoms with E-state index in [0.717, 1.165) is 30.9 Å². The van der Waals surface area contributed by atoms with Gasteiger partial charge in [0.05, 0.1) is 5.69 Å². The van der Waals surface area contributed by atoms with Crippen molar-refractivity contribution in [3.05, 3.63) is 53.9 Å². The number of nitrogens with zero attached hydrogens (tertiary/aromatic N) is 2. The molecule has 2 aromatic rings. The van der Waals surface area contributed by atoms with Crippen molar-refractivity contribution in [3.8, 4) is 0 Å². The van der Waals surface area contributed by atoms with Crippen LogP contribution in [0.5, 0.6) is 0 Å². The molecule has 5 nitrogen and oxygen atoms in total. The van der Waals surface area contributed by atoms with E-state index in [4.69, 9.17) is 0 Å². The molecule has 0 radical (unpaired) electrons. The lowest BCUT2D eigenvalue weighted by Crippen LogP contribution is -2.34. The number of anilines is 1. The number of fused-ring (bicyclic) bond motifs is 3. The topological polar surface area (TPSA) is 66.4 Å². The zero-order valence-corrected chi connectivity index (χ0v) is 12.0. The lowest BCUT2D eigenvalue weighted by molar-refractivity contribution is 0.102. The second-order valence-electron chi connectivity index (χ2n) is 5.58. The summed E-state index contributed by atoms with van der Waals surface area (Å²) >= 11 is 0. The highest BCUT2D eigenvalue weighted by Gasteiger charge is 2.29. The third kappa shape index (κ3) is 2.29. The quantitative estimate of drug-likeness (QED) is 0.893. The van der Waals surface area contributed by atoms with Gasteiger partial charge in [0.25, 0.3) is 5.91 Å². The molecule has 0 saturated carbocycles. The van der Waals surface area contributed by atoms with Gasteiger partial charge in [-0.15, -0.1) is 0 Å². The number of rotatable bonds is 2. The number of nitrogens with one attached hydrogen (secondary N) is 2. The summed E-state index contributed by atoms with van der Waals surface area (Å²) < 4.78 is 0. The lowest BCUT2D eigenvalue weighted by atomic mass is 9.89. The summed E-state index contributed by atoms with van der Waals surface area (Å²) in [6, 6.07) is 9.32. The van der Waals surface area contributed by atoms with Crippen molar-refractivity contribution in [1.82, 2.24) is 10.3 Å². The first-order chi connectivity index (χ1) is 10.8. The number of hydrogen-bond acceptors (Lipinski definition) is 4. The van der Waals surface area contributed by atoms with E-state index >= 15 is 0 Å². The largest absolute Gasteiger partial charge is 0.322 e. The molecule has 4 rings (SSSR count). The van der Waals surface area contributed by atoms with Gasteiger partial charge in [0, 0.05) is 41.8 Å². The Balaban J connectivity index is 1.59. The SMILES string of the molecule is O=C(Nc1ccncc1)c1ccc2c(c1)C1CCNCC1=N2. The molecule has 1 amide bonds. The predicted molar refractivity (Wildman–Crippen MR) is 86.0 cm³/mol. The molecule has 2 aliphatic heterocycles. The molecule has 5 heteroatoms. The predicted octanol–water partition coefficient (Wildman–Crippen LogP) is 2.50. The van der Waals surface area contributed by atoms with Gasteiger partial charge in [-0.05, 0) is 48.9 Å². The molecule has 1 atom stereocenters. The molecule has 22 heavy (non-hydrogen) atoms. The molecule has 110 valence electrons. The van der Waals surface area contributed by atoms with E-state index in [1.807, 2.05) is 18.2 Å². The Kier molecular flexibility index (Phi) is 3.20. The number of amides is 1.